The average molecular weight is 1310 g/mol. The van der Waals surface area contributed by atoms with Gasteiger partial charge >= 0.3 is 0 Å². The van der Waals surface area contributed by atoms with Crippen molar-refractivity contribution in [3.63, 3.8) is 0 Å². The summed E-state index contributed by atoms with van der Waals surface area (Å²) in [6.45, 7) is 9.94. The highest BCUT2D eigenvalue weighted by Crippen LogP contribution is 2.57. The maximum Gasteiger partial charge on any atom is 0.210 e. The molecule has 0 aliphatic carbocycles. The lowest BCUT2D eigenvalue weighted by Crippen LogP contribution is -2.33. The van der Waals surface area contributed by atoms with E-state index in [-0.39, 0.29) is 16.7 Å². The van der Waals surface area contributed by atoms with Crippen molar-refractivity contribution >= 4 is 77.3 Å². The first-order valence-electron chi connectivity index (χ1n) is 36.1. The van der Waals surface area contributed by atoms with Gasteiger partial charge in [0.05, 0.1) is 10.8 Å². The fourth-order valence-electron chi connectivity index (χ4n) is 19.2. The molecule has 4 nitrogen and oxygen atoms in total. The number of allylic oxidation sites excluding steroid dienone is 8. The van der Waals surface area contributed by atoms with Gasteiger partial charge in [-0.05, 0) is 171 Å². The van der Waals surface area contributed by atoms with E-state index in [9.17, 15) is 0 Å². The Balaban J connectivity index is 0.836. The highest BCUT2D eigenvalue weighted by atomic mass is 15.2. The van der Waals surface area contributed by atoms with E-state index in [4.69, 9.17) is 0 Å². The molecule has 4 heteroatoms. The molecule has 492 valence electrons. The summed E-state index contributed by atoms with van der Waals surface area (Å²) in [5.74, 6) is -0.145. The van der Waals surface area contributed by atoms with E-state index in [0.717, 1.165) is 25.7 Å². The number of benzene rings is 13. The van der Waals surface area contributed by atoms with E-state index in [0.29, 0.717) is 0 Å². The Kier molecular flexibility index (Phi) is 15.6. The summed E-state index contributed by atoms with van der Waals surface area (Å²) in [4.78, 5) is 4.91. The van der Waals surface area contributed by atoms with Crippen molar-refractivity contribution in [2.75, 3.05) is 38.0 Å². The van der Waals surface area contributed by atoms with Crippen LogP contribution in [0.4, 0.5) is 22.7 Å². The first-order valence-corrected chi connectivity index (χ1v) is 36.1. The minimum Gasteiger partial charge on any atom is -0.347 e. The molecule has 0 N–H and O–H groups in total. The van der Waals surface area contributed by atoms with E-state index in [1.807, 2.05) is 0 Å². The molecule has 0 spiro atoms. The lowest BCUT2D eigenvalue weighted by Gasteiger charge is -2.29. The summed E-state index contributed by atoms with van der Waals surface area (Å²) in [5.41, 5.74) is 23.4. The van der Waals surface area contributed by atoms with Gasteiger partial charge in [0.15, 0.2) is 11.4 Å². The first-order chi connectivity index (χ1) is 49.2. The van der Waals surface area contributed by atoms with E-state index < -0.39 is 10.8 Å². The largest absolute Gasteiger partial charge is 0.347 e. The highest BCUT2D eigenvalue weighted by molar-refractivity contribution is 6.11. The number of likely N-dealkylation sites (N-methyl/N-ethyl adjacent to an activating group) is 2. The molecule has 4 heterocycles. The monoisotopic (exact) mass is 1310 g/mol. The van der Waals surface area contributed by atoms with Crippen LogP contribution in [-0.4, -0.2) is 48.8 Å². The van der Waals surface area contributed by atoms with Crippen LogP contribution < -0.4 is 9.80 Å². The third kappa shape index (κ3) is 10.3. The Morgan fingerprint density at radius 2 is 0.634 bits per heavy atom. The summed E-state index contributed by atoms with van der Waals surface area (Å²) in [7, 11) is 9.18. The van der Waals surface area contributed by atoms with Crippen molar-refractivity contribution in [3.05, 3.63) is 394 Å². The summed E-state index contributed by atoms with van der Waals surface area (Å²) < 4.78 is 5.08. The summed E-state index contributed by atoms with van der Waals surface area (Å²) in [5, 5.41) is 10.3. The number of hydrogen-bond acceptors (Lipinski definition) is 2. The third-order valence-corrected chi connectivity index (χ3v) is 23.7. The van der Waals surface area contributed by atoms with Crippen molar-refractivity contribution in [2.45, 2.75) is 81.0 Å². The van der Waals surface area contributed by atoms with Crippen LogP contribution in [0.5, 0.6) is 0 Å². The highest BCUT2D eigenvalue weighted by Gasteiger charge is 2.52. The zero-order valence-corrected chi connectivity index (χ0v) is 59.3. The van der Waals surface area contributed by atoms with Crippen LogP contribution in [0.3, 0.4) is 0 Å². The van der Waals surface area contributed by atoms with Crippen LogP contribution in [0, 0.1) is 0 Å². The van der Waals surface area contributed by atoms with E-state index >= 15 is 0 Å². The second-order valence-electron chi connectivity index (χ2n) is 29.8. The van der Waals surface area contributed by atoms with Crippen LogP contribution >= 0.6 is 0 Å². The van der Waals surface area contributed by atoms with Gasteiger partial charge < -0.3 is 9.80 Å². The zero-order valence-electron chi connectivity index (χ0n) is 59.3. The average Bonchev–Trinajstić information content (AvgIpc) is 1.60. The Bertz CT molecular complexity index is 5310. The second kappa shape index (κ2) is 24.9. The Labute approximate surface area is 595 Å². The lowest BCUT2D eigenvalue weighted by molar-refractivity contribution is -0.401. The topological polar surface area (TPSA) is 12.5 Å². The number of fused-ring (bicyclic) bond motifs is 12. The summed E-state index contributed by atoms with van der Waals surface area (Å²) in [6.07, 6.45) is 17.9. The molecule has 0 saturated heterocycles. The molecular weight excluding hydrogens is 1220 g/mol. The Hall–Kier alpha value is -11.2. The number of nitrogens with zero attached hydrogens (tertiary/aromatic N) is 4. The molecule has 17 rings (SSSR count). The van der Waals surface area contributed by atoms with Crippen molar-refractivity contribution in [1.82, 2.24) is 0 Å². The van der Waals surface area contributed by atoms with Gasteiger partial charge in [0.2, 0.25) is 11.4 Å². The van der Waals surface area contributed by atoms with Gasteiger partial charge in [-0.1, -0.05) is 273 Å². The van der Waals surface area contributed by atoms with Gasteiger partial charge in [-0.3, -0.25) is 0 Å². The quantitative estimate of drug-likeness (QED) is 0.0749. The number of rotatable bonds is 15. The predicted molar refractivity (Wildman–Crippen MR) is 426 cm³/mol. The standard InChI is InChI=1S/C97H86N4/c1-94(62-66-34-14-9-15-35-66)85(98(5)81-58-56-70-42-24-26-46-73(70)90(81)94)52-32-54-87-96(3,64-68-38-18-11-19-39-68)92-77-50-30-28-48-75(77)79(60-83(92)100(87)7)89(72-44-22-13-23-45-72)80-61-84-93(78-51-31-29-49-76(78)80)97(4,65-69-40-20-12-21-41-69)88(101(84)8)55-33-53-86-95(2,63-67-36-16-10-17-37-67)91-74-47-27-25-43-71(74)57-59-82(91)99(86)6/h9-61,89H,62-65H2,1-8H3/q+2. The summed E-state index contributed by atoms with van der Waals surface area (Å²) >= 11 is 0. The molecule has 101 heavy (non-hydrogen) atoms. The second-order valence-corrected chi connectivity index (χ2v) is 29.8. The van der Waals surface area contributed by atoms with Crippen LogP contribution in [-0.2, 0) is 47.3 Å². The van der Waals surface area contributed by atoms with Gasteiger partial charge in [-0.15, -0.1) is 0 Å². The van der Waals surface area contributed by atoms with Crippen LogP contribution in [0.2, 0.25) is 0 Å². The van der Waals surface area contributed by atoms with Gasteiger partial charge in [-0.2, -0.15) is 9.15 Å². The molecule has 13 aromatic carbocycles. The Morgan fingerprint density at radius 3 is 1.00 bits per heavy atom. The van der Waals surface area contributed by atoms with Crippen molar-refractivity contribution in [2.24, 2.45) is 0 Å². The number of hydrogen-bond donors (Lipinski definition) is 0. The van der Waals surface area contributed by atoms with Crippen LogP contribution in [0.1, 0.15) is 94.8 Å². The fourth-order valence-corrected chi connectivity index (χ4v) is 19.2. The summed E-state index contributed by atoms with van der Waals surface area (Å²) in [6, 6.07) is 107. The van der Waals surface area contributed by atoms with Crippen molar-refractivity contribution in [1.29, 1.82) is 0 Å². The van der Waals surface area contributed by atoms with Crippen molar-refractivity contribution in [3.8, 4) is 0 Å². The van der Waals surface area contributed by atoms with Crippen LogP contribution in [0.15, 0.2) is 333 Å². The molecular formula is C97H86N4+2. The molecule has 4 unspecified atom stereocenters. The first kappa shape index (κ1) is 63.3. The zero-order chi connectivity index (χ0) is 68.8. The predicted octanol–water partition coefficient (Wildman–Crippen LogP) is 22.1. The van der Waals surface area contributed by atoms with Crippen LogP contribution in [0.25, 0.3) is 43.1 Å². The SMILES string of the molecule is CN1/C(=C/C=C/C2=[N+](C)c3cc(C(c4ccccc4)c4cc5c(c6ccccc46)C(C)(Cc4ccccc4)C(/C=C/C=C4/N(C)c6ccc7ccccc7c6C4(C)Cc4ccccc4)=[N+]5C)c4ccccc4c3C2(C)Cc2ccccc2)C(C)(Cc2ccccc2)c2c1ccc1ccccc21. The van der Waals surface area contributed by atoms with Gasteiger partial charge in [-0.25, -0.2) is 0 Å². The van der Waals surface area contributed by atoms with E-state index in [1.165, 1.54) is 150 Å². The van der Waals surface area contributed by atoms with Gasteiger partial charge in [0.25, 0.3) is 0 Å². The van der Waals surface area contributed by atoms with Gasteiger partial charge in [0, 0.05) is 89.0 Å². The smallest absolute Gasteiger partial charge is 0.210 e. The normalized spacial score (nSPS) is 21.2. The lowest BCUT2D eigenvalue weighted by atomic mass is 9.70. The minimum atomic E-state index is -0.414. The maximum absolute atomic E-state index is 2.59. The third-order valence-electron chi connectivity index (χ3n) is 23.7. The maximum atomic E-state index is 2.59. The van der Waals surface area contributed by atoms with E-state index in [1.54, 1.807) is 0 Å². The molecule has 4 aliphatic rings. The molecule has 0 amide bonds. The molecule has 13 aromatic rings. The van der Waals surface area contributed by atoms with Gasteiger partial charge in [0.1, 0.15) is 14.1 Å². The fraction of sp³-hybridized carbons (Fsp3) is 0.175. The molecule has 4 atom stereocenters. The van der Waals surface area contributed by atoms with Crippen molar-refractivity contribution < 1.29 is 9.15 Å². The molecule has 0 aromatic heterocycles. The van der Waals surface area contributed by atoms with E-state index in [2.05, 4.69) is 396 Å². The molecule has 4 aliphatic heterocycles. The molecule has 0 bridgehead atoms. The Morgan fingerprint density at radius 1 is 0.327 bits per heavy atom. The molecule has 0 saturated carbocycles. The molecule has 0 fully saturated rings. The molecule has 0 radical (unpaired) electrons. The number of anilines is 2. The minimum absolute atomic E-state index is 0.145.